The molecule has 2 aliphatic rings. The Morgan fingerprint density at radius 1 is 1.12 bits per heavy atom. The van der Waals surface area contributed by atoms with E-state index in [1.165, 1.54) is 29.2 Å². The van der Waals surface area contributed by atoms with Gasteiger partial charge >= 0.3 is 6.09 Å². The zero-order valence-corrected chi connectivity index (χ0v) is 18.8. The number of ether oxygens (including phenoxy) is 1. The molecular weight excluding hydrogens is 435 g/mol. The predicted molar refractivity (Wildman–Crippen MR) is 121 cm³/mol. The molecule has 1 aromatic carbocycles. The third-order valence-corrected chi connectivity index (χ3v) is 6.81. The topological polar surface area (TPSA) is 82.2 Å². The second-order valence-electron chi connectivity index (χ2n) is 7.86. The number of ketones is 1. The van der Waals surface area contributed by atoms with Crippen LogP contribution in [0.2, 0.25) is 0 Å². The molecule has 3 heterocycles. The van der Waals surface area contributed by atoms with Crippen LogP contribution in [0.3, 0.4) is 0 Å². The van der Waals surface area contributed by atoms with Crippen molar-refractivity contribution in [2.24, 2.45) is 0 Å². The molecule has 8 nitrogen and oxygen atoms in total. The highest BCUT2D eigenvalue weighted by atomic mass is 32.1. The number of carbonyl (C=O) groups excluding carboxylic acids is 3. The molecule has 0 bridgehead atoms. The number of hydrogen-bond acceptors (Lipinski definition) is 7. The number of halogens is 1. The second-order valence-corrected chi connectivity index (χ2v) is 8.92. The number of hydrogen-bond donors (Lipinski definition) is 1. The quantitative estimate of drug-likeness (QED) is 0.668. The summed E-state index contributed by atoms with van der Waals surface area (Å²) in [5.74, 6) is -0.539. The van der Waals surface area contributed by atoms with Crippen molar-refractivity contribution in [1.82, 2.24) is 5.32 Å². The predicted octanol–water partition coefficient (Wildman–Crippen LogP) is 2.88. The molecule has 10 heteroatoms. The van der Waals surface area contributed by atoms with Gasteiger partial charge in [-0.2, -0.15) is 0 Å². The van der Waals surface area contributed by atoms with E-state index in [0.29, 0.717) is 24.5 Å². The van der Waals surface area contributed by atoms with Crippen molar-refractivity contribution in [3.63, 3.8) is 0 Å². The minimum Gasteiger partial charge on any atom is -0.442 e. The third-order valence-electron chi connectivity index (χ3n) is 5.57. The highest BCUT2D eigenvalue weighted by Crippen LogP contribution is 2.31. The summed E-state index contributed by atoms with van der Waals surface area (Å²) in [5, 5.41) is 3.67. The smallest absolute Gasteiger partial charge is 0.414 e. The monoisotopic (exact) mass is 460 g/mol. The number of nitrogens with one attached hydrogen (secondary N) is 1. The fraction of sp³-hybridized carbons (Fsp3) is 0.409. The van der Waals surface area contributed by atoms with E-state index in [1.807, 2.05) is 17.0 Å². The first-order valence-electron chi connectivity index (χ1n) is 10.4. The Hall–Kier alpha value is -3.14. The second kappa shape index (κ2) is 9.15. The van der Waals surface area contributed by atoms with Crippen molar-refractivity contribution in [2.75, 3.05) is 54.0 Å². The molecule has 32 heavy (non-hydrogen) atoms. The summed E-state index contributed by atoms with van der Waals surface area (Å²) in [6.45, 7) is 6.17. The van der Waals surface area contributed by atoms with Crippen LogP contribution in [-0.4, -0.2) is 63.2 Å². The molecule has 4 rings (SSSR count). The van der Waals surface area contributed by atoms with E-state index in [2.05, 4.69) is 10.2 Å². The van der Waals surface area contributed by atoms with E-state index in [0.717, 1.165) is 23.0 Å². The maximum atomic E-state index is 15.0. The molecule has 2 saturated heterocycles. The number of cyclic esters (lactones) is 1. The summed E-state index contributed by atoms with van der Waals surface area (Å²) >= 11 is 1.48. The Bertz CT molecular complexity index is 1030. The van der Waals surface area contributed by atoms with Crippen molar-refractivity contribution in [2.45, 2.75) is 20.0 Å². The lowest BCUT2D eigenvalue weighted by molar-refractivity contribution is -0.119. The SMILES string of the molecule is CC(=O)NC[C@H]1CN(c2ccc(N3CCN(c4ccc(C(C)=O)s4)CC3)c(F)c2)C(=O)O1. The Balaban J connectivity index is 1.38. The first kappa shape index (κ1) is 22.1. The van der Waals surface area contributed by atoms with Crippen molar-refractivity contribution >= 4 is 45.5 Å². The van der Waals surface area contributed by atoms with Crippen LogP contribution in [0.15, 0.2) is 30.3 Å². The molecular formula is C22H25FN4O4S. The van der Waals surface area contributed by atoms with Crippen LogP contribution < -0.4 is 20.0 Å². The van der Waals surface area contributed by atoms with E-state index in [-0.39, 0.29) is 24.8 Å². The highest BCUT2D eigenvalue weighted by molar-refractivity contribution is 7.18. The summed E-state index contributed by atoms with van der Waals surface area (Å²) in [4.78, 5) is 41.1. The number of Topliss-reactive ketones (excluding diaryl/α,β-unsaturated/α-hetero) is 1. The Morgan fingerprint density at radius 3 is 2.47 bits per heavy atom. The summed E-state index contributed by atoms with van der Waals surface area (Å²) in [6, 6.07) is 8.55. The Morgan fingerprint density at radius 2 is 1.84 bits per heavy atom. The Labute approximate surface area is 189 Å². The van der Waals surface area contributed by atoms with Gasteiger partial charge in [0, 0.05) is 33.1 Å². The first-order valence-corrected chi connectivity index (χ1v) is 11.3. The van der Waals surface area contributed by atoms with Gasteiger partial charge in [-0.15, -0.1) is 11.3 Å². The van der Waals surface area contributed by atoms with E-state index in [1.54, 1.807) is 19.1 Å². The minimum absolute atomic E-state index is 0.0605. The van der Waals surface area contributed by atoms with Crippen LogP contribution in [-0.2, 0) is 9.53 Å². The molecule has 2 amide bonds. The van der Waals surface area contributed by atoms with Gasteiger partial charge < -0.3 is 19.9 Å². The third kappa shape index (κ3) is 4.69. The summed E-state index contributed by atoms with van der Waals surface area (Å²) in [7, 11) is 0. The van der Waals surface area contributed by atoms with Gasteiger partial charge in [-0.25, -0.2) is 9.18 Å². The highest BCUT2D eigenvalue weighted by Gasteiger charge is 2.33. The summed E-state index contributed by atoms with van der Waals surface area (Å²) in [5.41, 5.74) is 0.918. The molecule has 1 N–H and O–H groups in total. The van der Waals surface area contributed by atoms with E-state index >= 15 is 0 Å². The number of benzene rings is 1. The molecule has 0 spiro atoms. The zero-order chi connectivity index (χ0) is 22.8. The molecule has 0 saturated carbocycles. The van der Waals surface area contributed by atoms with Crippen LogP contribution in [0.4, 0.5) is 25.6 Å². The van der Waals surface area contributed by atoms with Gasteiger partial charge in [-0.05, 0) is 37.3 Å². The molecule has 2 aromatic rings. The van der Waals surface area contributed by atoms with Gasteiger partial charge in [-0.1, -0.05) is 0 Å². The van der Waals surface area contributed by atoms with Crippen LogP contribution in [0.25, 0.3) is 0 Å². The normalized spacial score (nSPS) is 18.7. The molecule has 1 aromatic heterocycles. The molecule has 0 aliphatic carbocycles. The van der Waals surface area contributed by atoms with E-state index in [9.17, 15) is 18.8 Å². The average Bonchev–Trinajstić information content (AvgIpc) is 3.39. The number of carbonyl (C=O) groups is 3. The lowest BCUT2D eigenvalue weighted by Gasteiger charge is -2.36. The standard InChI is InChI=1S/C22H25FN4O4S/c1-14(28)20-5-6-21(32-20)26-9-7-25(8-10-26)19-4-3-16(11-18(19)23)27-13-17(31-22(27)30)12-24-15(2)29/h3-6,11,17H,7-10,12-13H2,1-2H3,(H,24,29)/t17-/m0/s1. The molecule has 2 fully saturated rings. The lowest BCUT2D eigenvalue weighted by Crippen LogP contribution is -2.46. The van der Waals surface area contributed by atoms with E-state index in [4.69, 9.17) is 4.74 Å². The van der Waals surface area contributed by atoms with Crippen molar-refractivity contribution < 1.29 is 23.5 Å². The van der Waals surface area contributed by atoms with Crippen LogP contribution in [0.5, 0.6) is 0 Å². The Kier molecular flexibility index (Phi) is 6.31. The minimum atomic E-state index is -0.554. The van der Waals surface area contributed by atoms with Crippen LogP contribution in [0, 0.1) is 5.82 Å². The van der Waals surface area contributed by atoms with Gasteiger partial charge in [-0.3, -0.25) is 14.5 Å². The summed E-state index contributed by atoms with van der Waals surface area (Å²) in [6.07, 6.45) is -1.02. The number of nitrogens with zero attached hydrogens (tertiary/aromatic N) is 3. The van der Waals surface area contributed by atoms with Gasteiger partial charge in [0.1, 0.15) is 11.9 Å². The number of piperazine rings is 1. The van der Waals surface area contributed by atoms with Crippen molar-refractivity contribution in [3.8, 4) is 0 Å². The molecule has 0 radical (unpaired) electrons. The number of thiophene rings is 1. The maximum Gasteiger partial charge on any atom is 0.414 e. The van der Waals surface area contributed by atoms with Crippen LogP contribution in [0.1, 0.15) is 23.5 Å². The number of amides is 2. The van der Waals surface area contributed by atoms with Gasteiger partial charge in [0.05, 0.1) is 34.3 Å². The van der Waals surface area contributed by atoms with Gasteiger partial charge in [0.25, 0.3) is 0 Å². The van der Waals surface area contributed by atoms with Gasteiger partial charge in [0.2, 0.25) is 5.91 Å². The maximum absolute atomic E-state index is 15.0. The number of rotatable bonds is 6. The van der Waals surface area contributed by atoms with E-state index < -0.39 is 18.0 Å². The zero-order valence-electron chi connectivity index (χ0n) is 18.0. The van der Waals surface area contributed by atoms with Crippen molar-refractivity contribution in [3.05, 3.63) is 41.0 Å². The lowest BCUT2D eigenvalue weighted by atomic mass is 10.2. The first-order chi connectivity index (χ1) is 15.3. The average molecular weight is 461 g/mol. The van der Waals surface area contributed by atoms with Gasteiger partial charge in [0.15, 0.2) is 5.78 Å². The number of anilines is 3. The fourth-order valence-corrected chi connectivity index (χ4v) is 4.82. The fourth-order valence-electron chi connectivity index (χ4n) is 3.87. The molecule has 1 atom stereocenters. The largest absolute Gasteiger partial charge is 0.442 e. The van der Waals surface area contributed by atoms with Crippen LogP contribution >= 0.6 is 11.3 Å². The summed E-state index contributed by atoms with van der Waals surface area (Å²) < 4.78 is 20.2. The van der Waals surface area contributed by atoms with Crippen molar-refractivity contribution in [1.29, 1.82) is 0 Å². The molecule has 170 valence electrons. The molecule has 2 aliphatic heterocycles. The molecule has 0 unspecified atom stereocenters.